The van der Waals surface area contributed by atoms with Crippen LogP contribution in [0, 0.1) is 5.82 Å². The molecule has 22 heavy (non-hydrogen) atoms. The van der Waals surface area contributed by atoms with E-state index in [2.05, 4.69) is 5.32 Å². The second-order valence-electron chi connectivity index (χ2n) is 6.24. The lowest BCUT2D eigenvalue weighted by atomic mass is 9.90. The van der Waals surface area contributed by atoms with Gasteiger partial charge >= 0.3 is 0 Å². The van der Waals surface area contributed by atoms with Crippen molar-refractivity contribution in [3.8, 4) is 5.75 Å². The van der Waals surface area contributed by atoms with E-state index in [1.54, 1.807) is 0 Å². The van der Waals surface area contributed by atoms with Gasteiger partial charge in [-0.3, -0.25) is 4.79 Å². The molecule has 1 fully saturated rings. The lowest BCUT2D eigenvalue weighted by molar-refractivity contribution is -0.0820. The molecule has 0 aromatic heterocycles. The number of halogens is 1. The van der Waals surface area contributed by atoms with Crippen molar-refractivity contribution in [3.63, 3.8) is 0 Å². The largest absolute Gasteiger partial charge is 0.496 e. The summed E-state index contributed by atoms with van der Waals surface area (Å²) in [5.41, 5.74) is -0.781. The summed E-state index contributed by atoms with van der Waals surface area (Å²) >= 11 is 0. The van der Waals surface area contributed by atoms with Gasteiger partial charge in [-0.05, 0) is 45.9 Å². The van der Waals surface area contributed by atoms with Crippen molar-refractivity contribution in [2.45, 2.75) is 45.2 Å². The molecule has 1 aliphatic heterocycles. The van der Waals surface area contributed by atoms with E-state index in [4.69, 9.17) is 14.2 Å². The van der Waals surface area contributed by atoms with Gasteiger partial charge < -0.3 is 19.5 Å². The minimum absolute atomic E-state index is 0.138. The van der Waals surface area contributed by atoms with Crippen molar-refractivity contribution >= 4 is 5.91 Å². The van der Waals surface area contributed by atoms with Gasteiger partial charge in [-0.25, -0.2) is 4.39 Å². The normalized spacial score (nSPS) is 19.9. The van der Waals surface area contributed by atoms with Gasteiger partial charge in [0.05, 0.1) is 30.4 Å². The molecule has 5 nitrogen and oxygen atoms in total. The van der Waals surface area contributed by atoms with Crippen LogP contribution >= 0.6 is 0 Å². The first-order chi connectivity index (χ1) is 10.2. The Bertz CT molecular complexity index is 555. The zero-order valence-corrected chi connectivity index (χ0v) is 13.5. The van der Waals surface area contributed by atoms with Crippen molar-refractivity contribution in [2.75, 3.05) is 13.7 Å². The fraction of sp³-hybridized carbons (Fsp3) is 0.562. The molecule has 0 spiro atoms. The fourth-order valence-electron chi connectivity index (χ4n) is 2.18. The molecule has 1 saturated heterocycles. The molecule has 2 rings (SSSR count). The lowest BCUT2D eigenvalue weighted by Crippen LogP contribution is -2.41. The van der Waals surface area contributed by atoms with Gasteiger partial charge in [0.2, 0.25) is 0 Å². The standard InChI is InChI=1S/C16H22FNO4/c1-15(2)16(3,4)22-13(21-15)9-18-14(19)11-8-10(17)6-7-12(11)20-5/h6-8,13H,9H2,1-5H3,(H,18,19). The molecule has 0 radical (unpaired) electrons. The quantitative estimate of drug-likeness (QED) is 0.928. The second-order valence-corrected chi connectivity index (χ2v) is 6.24. The maximum atomic E-state index is 13.3. The molecule has 0 aliphatic carbocycles. The van der Waals surface area contributed by atoms with Crippen LogP contribution < -0.4 is 10.1 Å². The third-order valence-electron chi connectivity index (χ3n) is 4.14. The fourth-order valence-corrected chi connectivity index (χ4v) is 2.18. The van der Waals surface area contributed by atoms with E-state index in [0.29, 0.717) is 5.75 Å². The molecule has 122 valence electrons. The predicted octanol–water partition coefficient (Wildman–Crippen LogP) is 2.49. The molecule has 1 amide bonds. The zero-order chi connectivity index (χ0) is 16.5. The molecule has 6 heteroatoms. The monoisotopic (exact) mass is 311 g/mol. The number of carbonyl (C=O) groups excluding carboxylic acids is 1. The van der Waals surface area contributed by atoms with Crippen LogP contribution in [0.5, 0.6) is 5.75 Å². The Morgan fingerprint density at radius 1 is 1.27 bits per heavy atom. The summed E-state index contributed by atoms with van der Waals surface area (Å²) in [4.78, 5) is 12.2. The molecule has 1 heterocycles. The van der Waals surface area contributed by atoms with E-state index in [0.717, 1.165) is 6.07 Å². The Balaban J connectivity index is 2.01. The molecular weight excluding hydrogens is 289 g/mol. The molecule has 1 N–H and O–H groups in total. The van der Waals surface area contributed by atoms with Gasteiger partial charge in [-0.2, -0.15) is 0 Å². The average molecular weight is 311 g/mol. The molecule has 1 aromatic rings. The van der Waals surface area contributed by atoms with Gasteiger partial charge in [-0.1, -0.05) is 0 Å². The number of hydrogen-bond donors (Lipinski definition) is 1. The van der Waals surface area contributed by atoms with Gasteiger partial charge in [0.1, 0.15) is 11.6 Å². The van der Waals surface area contributed by atoms with E-state index < -0.39 is 29.2 Å². The average Bonchev–Trinajstić information content (AvgIpc) is 2.64. The van der Waals surface area contributed by atoms with Crippen LogP contribution in [0.3, 0.4) is 0 Å². The summed E-state index contributed by atoms with van der Waals surface area (Å²) < 4.78 is 29.9. The molecule has 0 unspecified atom stereocenters. The van der Waals surface area contributed by atoms with Crippen molar-refractivity contribution in [1.29, 1.82) is 0 Å². The third-order valence-corrected chi connectivity index (χ3v) is 4.14. The highest BCUT2D eigenvalue weighted by Crippen LogP contribution is 2.37. The molecule has 1 aliphatic rings. The van der Waals surface area contributed by atoms with Gasteiger partial charge in [-0.15, -0.1) is 0 Å². The minimum Gasteiger partial charge on any atom is -0.496 e. The summed E-state index contributed by atoms with van der Waals surface area (Å²) in [6.45, 7) is 7.91. The minimum atomic E-state index is -0.548. The topological polar surface area (TPSA) is 56.8 Å². The molecule has 1 aromatic carbocycles. The van der Waals surface area contributed by atoms with E-state index in [1.807, 2.05) is 27.7 Å². The molecule has 0 saturated carbocycles. The van der Waals surface area contributed by atoms with Gasteiger partial charge in [0.15, 0.2) is 6.29 Å². The Morgan fingerprint density at radius 2 is 1.86 bits per heavy atom. The second kappa shape index (κ2) is 5.85. The van der Waals surface area contributed by atoms with Crippen LogP contribution in [-0.2, 0) is 9.47 Å². The summed E-state index contributed by atoms with van der Waals surface area (Å²) in [7, 11) is 1.43. The van der Waals surface area contributed by atoms with Crippen molar-refractivity contribution in [3.05, 3.63) is 29.6 Å². The highest BCUT2D eigenvalue weighted by atomic mass is 19.1. The number of nitrogens with one attached hydrogen (secondary N) is 1. The van der Waals surface area contributed by atoms with E-state index in [-0.39, 0.29) is 12.1 Å². The third kappa shape index (κ3) is 3.23. The van der Waals surface area contributed by atoms with E-state index in [9.17, 15) is 9.18 Å². The number of benzene rings is 1. The SMILES string of the molecule is COc1ccc(F)cc1C(=O)NCC1OC(C)(C)C(C)(C)O1. The summed E-state index contributed by atoms with van der Waals surface area (Å²) in [6.07, 6.45) is -0.548. The van der Waals surface area contributed by atoms with Crippen molar-refractivity contribution in [2.24, 2.45) is 0 Å². The lowest BCUT2D eigenvalue weighted by Gasteiger charge is -2.30. The van der Waals surface area contributed by atoms with Gasteiger partial charge in [0.25, 0.3) is 5.91 Å². The number of amides is 1. The maximum absolute atomic E-state index is 13.3. The maximum Gasteiger partial charge on any atom is 0.255 e. The first-order valence-electron chi connectivity index (χ1n) is 7.13. The van der Waals surface area contributed by atoms with Crippen LogP contribution in [0.2, 0.25) is 0 Å². The van der Waals surface area contributed by atoms with Crippen molar-refractivity contribution < 1.29 is 23.4 Å². The zero-order valence-electron chi connectivity index (χ0n) is 13.5. The molecular formula is C16H22FNO4. The number of hydrogen-bond acceptors (Lipinski definition) is 4. The van der Waals surface area contributed by atoms with E-state index in [1.165, 1.54) is 19.2 Å². The Kier molecular flexibility index (Phi) is 4.44. The van der Waals surface area contributed by atoms with Crippen LogP contribution in [0.15, 0.2) is 18.2 Å². The predicted molar refractivity (Wildman–Crippen MR) is 79.4 cm³/mol. The number of rotatable bonds is 4. The van der Waals surface area contributed by atoms with Crippen LogP contribution in [0.4, 0.5) is 4.39 Å². The Morgan fingerprint density at radius 3 is 2.41 bits per heavy atom. The Hall–Kier alpha value is -1.66. The van der Waals surface area contributed by atoms with Crippen LogP contribution in [0.1, 0.15) is 38.1 Å². The van der Waals surface area contributed by atoms with Crippen molar-refractivity contribution in [1.82, 2.24) is 5.32 Å². The molecule has 0 atom stereocenters. The van der Waals surface area contributed by atoms with Crippen LogP contribution in [-0.4, -0.2) is 37.1 Å². The number of ether oxygens (including phenoxy) is 3. The molecule has 0 bridgehead atoms. The number of methoxy groups -OCH3 is 1. The van der Waals surface area contributed by atoms with Crippen LogP contribution in [0.25, 0.3) is 0 Å². The Labute approximate surface area is 129 Å². The summed E-state index contributed by atoms with van der Waals surface area (Å²) in [6, 6.07) is 3.79. The smallest absolute Gasteiger partial charge is 0.255 e. The summed E-state index contributed by atoms with van der Waals surface area (Å²) in [5.74, 6) is -0.625. The summed E-state index contributed by atoms with van der Waals surface area (Å²) in [5, 5.41) is 2.68. The number of carbonyl (C=O) groups is 1. The highest BCUT2D eigenvalue weighted by Gasteiger charge is 2.49. The first-order valence-corrected chi connectivity index (χ1v) is 7.13. The highest BCUT2D eigenvalue weighted by molar-refractivity contribution is 5.96. The van der Waals surface area contributed by atoms with Gasteiger partial charge in [0, 0.05) is 0 Å². The first kappa shape index (κ1) is 16.7. The van der Waals surface area contributed by atoms with E-state index >= 15 is 0 Å².